The Hall–Kier alpha value is -1.75. The van der Waals surface area contributed by atoms with Gasteiger partial charge in [-0.1, -0.05) is 6.92 Å². The van der Waals surface area contributed by atoms with E-state index in [-0.39, 0.29) is 11.9 Å². The Balaban J connectivity index is 2.14. The molecule has 2 heterocycles. The molecule has 0 radical (unpaired) electrons. The predicted octanol–water partition coefficient (Wildman–Crippen LogP) is 2.89. The molecule has 0 spiro atoms. The molecule has 1 N–H and O–H groups in total. The van der Waals surface area contributed by atoms with E-state index in [1.165, 1.54) is 12.3 Å². The number of likely N-dealkylation sites (N-methyl/N-ethyl adjacent to an activating group) is 1. The third kappa shape index (κ3) is 3.63. The number of nitrogens with one attached hydrogen (secondary N) is 1. The molecule has 1 unspecified atom stereocenters. The minimum atomic E-state index is -0.312. The highest BCUT2D eigenvalue weighted by molar-refractivity contribution is 5.13. The molecule has 108 valence electrons. The van der Waals surface area contributed by atoms with E-state index >= 15 is 0 Å². The summed E-state index contributed by atoms with van der Waals surface area (Å²) in [6.45, 7) is 7.07. The fraction of sp³-hybridized carbons (Fsp3) is 0.467. The number of hydrogen-bond donors (Lipinski definition) is 1. The molecule has 2 rings (SSSR count). The standard InChI is InChI=1S/C15H21FN4/c1-4-17-15(14-6-5-12(16)10-18-14)9-13-7-8-20(19-13)11(2)3/h5-8,10-11,15,17H,4,9H2,1-3H3. The third-order valence-corrected chi connectivity index (χ3v) is 3.16. The Morgan fingerprint density at radius 2 is 2.10 bits per heavy atom. The number of halogens is 1. The highest BCUT2D eigenvalue weighted by Gasteiger charge is 2.14. The molecular weight excluding hydrogens is 255 g/mol. The van der Waals surface area contributed by atoms with Gasteiger partial charge in [-0.3, -0.25) is 9.67 Å². The molecule has 5 heteroatoms. The van der Waals surface area contributed by atoms with Crippen LogP contribution in [0.3, 0.4) is 0 Å². The molecule has 0 aromatic carbocycles. The van der Waals surface area contributed by atoms with Crippen molar-refractivity contribution in [3.8, 4) is 0 Å². The van der Waals surface area contributed by atoms with Crippen LogP contribution in [0, 0.1) is 5.82 Å². The third-order valence-electron chi connectivity index (χ3n) is 3.16. The summed E-state index contributed by atoms with van der Waals surface area (Å²) >= 11 is 0. The summed E-state index contributed by atoms with van der Waals surface area (Å²) in [5, 5.41) is 7.92. The molecule has 2 aromatic rings. The highest BCUT2D eigenvalue weighted by Crippen LogP contribution is 2.16. The lowest BCUT2D eigenvalue weighted by Crippen LogP contribution is -2.24. The van der Waals surface area contributed by atoms with E-state index in [9.17, 15) is 4.39 Å². The Morgan fingerprint density at radius 1 is 1.30 bits per heavy atom. The first kappa shape index (κ1) is 14.7. The van der Waals surface area contributed by atoms with Gasteiger partial charge < -0.3 is 5.32 Å². The summed E-state index contributed by atoms with van der Waals surface area (Å²) in [5.74, 6) is -0.312. The van der Waals surface area contributed by atoms with Crippen molar-refractivity contribution in [1.82, 2.24) is 20.1 Å². The number of aromatic nitrogens is 3. The largest absolute Gasteiger partial charge is 0.309 e. The van der Waals surface area contributed by atoms with Crippen molar-refractivity contribution in [1.29, 1.82) is 0 Å². The maximum absolute atomic E-state index is 13.0. The first-order valence-corrected chi connectivity index (χ1v) is 6.99. The van der Waals surface area contributed by atoms with E-state index in [0.717, 1.165) is 24.4 Å². The van der Waals surface area contributed by atoms with Crippen LogP contribution in [0.15, 0.2) is 30.6 Å². The van der Waals surface area contributed by atoms with Gasteiger partial charge in [0.15, 0.2) is 0 Å². The van der Waals surface area contributed by atoms with Crippen molar-refractivity contribution in [2.24, 2.45) is 0 Å². The first-order chi connectivity index (χ1) is 9.60. The summed E-state index contributed by atoms with van der Waals surface area (Å²) in [6.07, 6.45) is 3.99. The minimum absolute atomic E-state index is 0.0520. The smallest absolute Gasteiger partial charge is 0.141 e. The SMILES string of the molecule is CCNC(Cc1ccn(C(C)C)n1)c1ccc(F)cn1. The van der Waals surface area contributed by atoms with Crippen molar-refractivity contribution in [3.05, 3.63) is 47.8 Å². The number of nitrogens with zero attached hydrogens (tertiary/aromatic N) is 3. The van der Waals surface area contributed by atoms with Crippen molar-refractivity contribution in [3.63, 3.8) is 0 Å². The van der Waals surface area contributed by atoms with Gasteiger partial charge in [0.05, 0.1) is 23.6 Å². The molecule has 0 aliphatic rings. The second-order valence-electron chi connectivity index (χ2n) is 5.10. The average molecular weight is 276 g/mol. The van der Waals surface area contributed by atoms with E-state index in [4.69, 9.17) is 0 Å². The second kappa shape index (κ2) is 6.61. The van der Waals surface area contributed by atoms with E-state index in [1.54, 1.807) is 6.07 Å². The zero-order valence-corrected chi connectivity index (χ0v) is 12.2. The molecule has 0 amide bonds. The molecule has 0 bridgehead atoms. The van der Waals surface area contributed by atoms with Gasteiger partial charge >= 0.3 is 0 Å². The summed E-state index contributed by atoms with van der Waals surface area (Å²) in [5.41, 5.74) is 1.85. The van der Waals surface area contributed by atoms with Crippen LogP contribution in [-0.2, 0) is 6.42 Å². The molecule has 1 atom stereocenters. The molecule has 0 aliphatic heterocycles. The Morgan fingerprint density at radius 3 is 2.65 bits per heavy atom. The van der Waals surface area contributed by atoms with Crippen molar-refractivity contribution in [2.45, 2.75) is 39.3 Å². The summed E-state index contributed by atoms with van der Waals surface area (Å²) in [7, 11) is 0. The lowest BCUT2D eigenvalue weighted by molar-refractivity contribution is 0.500. The van der Waals surface area contributed by atoms with Crippen LogP contribution in [0.5, 0.6) is 0 Å². The van der Waals surface area contributed by atoms with E-state index in [0.29, 0.717) is 6.04 Å². The minimum Gasteiger partial charge on any atom is -0.309 e. The molecule has 20 heavy (non-hydrogen) atoms. The number of hydrogen-bond acceptors (Lipinski definition) is 3. The van der Waals surface area contributed by atoms with Crippen LogP contribution in [0.2, 0.25) is 0 Å². The fourth-order valence-electron chi connectivity index (χ4n) is 2.10. The van der Waals surface area contributed by atoms with Crippen LogP contribution in [0.1, 0.15) is 44.2 Å². The van der Waals surface area contributed by atoms with Gasteiger partial charge in [0, 0.05) is 18.7 Å². The van der Waals surface area contributed by atoms with Gasteiger partial charge in [-0.15, -0.1) is 0 Å². The molecule has 0 saturated heterocycles. The molecule has 2 aromatic heterocycles. The molecule has 0 saturated carbocycles. The fourth-order valence-corrected chi connectivity index (χ4v) is 2.10. The maximum Gasteiger partial charge on any atom is 0.141 e. The number of rotatable bonds is 6. The zero-order chi connectivity index (χ0) is 14.5. The summed E-state index contributed by atoms with van der Waals surface area (Å²) in [6, 6.07) is 5.59. The Kier molecular flexibility index (Phi) is 4.84. The molecule has 4 nitrogen and oxygen atoms in total. The van der Waals surface area contributed by atoms with E-state index in [2.05, 4.69) is 29.2 Å². The quantitative estimate of drug-likeness (QED) is 0.882. The van der Waals surface area contributed by atoms with Crippen molar-refractivity contribution >= 4 is 0 Å². The monoisotopic (exact) mass is 276 g/mol. The predicted molar refractivity (Wildman–Crippen MR) is 76.9 cm³/mol. The molecule has 0 aliphatic carbocycles. The Bertz CT molecular complexity index is 533. The van der Waals surface area contributed by atoms with E-state index in [1.807, 2.05) is 23.9 Å². The van der Waals surface area contributed by atoms with E-state index < -0.39 is 0 Å². The molecular formula is C15H21FN4. The van der Waals surface area contributed by atoms with Crippen LogP contribution < -0.4 is 5.32 Å². The van der Waals surface area contributed by atoms with Gasteiger partial charge in [-0.25, -0.2) is 4.39 Å². The normalized spacial score (nSPS) is 12.8. The first-order valence-electron chi connectivity index (χ1n) is 6.99. The van der Waals surface area contributed by atoms with Gasteiger partial charge in [0.25, 0.3) is 0 Å². The Labute approximate surface area is 119 Å². The molecule has 0 fully saturated rings. The summed E-state index contributed by atoms with van der Waals surface area (Å²) in [4.78, 5) is 4.16. The van der Waals surface area contributed by atoms with Gasteiger partial charge in [0.1, 0.15) is 5.82 Å². The highest BCUT2D eigenvalue weighted by atomic mass is 19.1. The summed E-state index contributed by atoms with van der Waals surface area (Å²) < 4.78 is 14.9. The maximum atomic E-state index is 13.0. The van der Waals surface area contributed by atoms with Crippen LogP contribution in [0.4, 0.5) is 4.39 Å². The van der Waals surface area contributed by atoms with Gasteiger partial charge in [-0.2, -0.15) is 5.10 Å². The zero-order valence-electron chi connectivity index (χ0n) is 12.2. The van der Waals surface area contributed by atoms with Crippen molar-refractivity contribution < 1.29 is 4.39 Å². The van der Waals surface area contributed by atoms with Crippen molar-refractivity contribution in [2.75, 3.05) is 6.54 Å². The van der Waals surface area contributed by atoms with Crippen LogP contribution in [-0.4, -0.2) is 21.3 Å². The lowest BCUT2D eigenvalue weighted by Gasteiger charge is -2.16. The average Bonchev–Trinajstić information content (AvgIpc) is 2.88. The topological polar surface area (TPSA) is 42.7 Å². The van der Waals surface area contributed by atoms with Gasteiger partial charge in [0.2, 0.25) is 0 Å². The number of pyridine rings is 1. The van der Waals surface area contributed by atoms with Crippen LogP contribution in [0.25, 0.3) is 0 Å². The second-order valence-corrected chi connectivity index (χ2v) is 5.10. The lowest BCUT2D eigenvalue weighted by atomic mass is 10.1. The van der Waals surface area contributed by atoms with Gasteiger partial charge in [-0.05, 0) is 38.6 Å². The van der Waals surface area contributed by atoms with Crippen LogP contribution >= 0.6 is 0 Å².